The zero-order valence-electron chi connectivity index (χ0n) is 14.3. The Morgan fingerprint density at radius 3 is 2.62 bits per heavy atom. The number of amides is 1. The molecule has 0 saturated heterocycles. The lowest BCUT2D eigenvalue weighted by Crippen LogP contribution is -2.14. The number of nitrogens with zero attached hydrogens (tertiary/aromatic N) is 2. The van der Waals surface area contributed by atoms with E-state index in [9.17, 15) is 4.79 Å². The Hall–Kier alpha value is -3.65. The third-order valence-electron chi connectivity index (χ3n) is 3.92. The molecule has 3 aromatic rings. The van der Waals surface area contributed by atoms with Crippen molar-refractivity contribution in [2.75, 3.05) is 10.6 Å². The minimum absolute atomic E-state index is 0.0989. The average Bonchev–Trinajstić information content (AvgIpc) is 2.69. The summed E-state index contributed by atoms with van der Waals surface area (Å²) in [6.07, 6.45) is 1.60. The molecule has 1 atom stereocenters. The molecule has 2 N–H and O–H groups in total. The molecule has 0 aliphatic carbocycles. The quantitative estimate of drug-likeness (QED) is 0.721. The summed E-state index contributed by atoms with van der Waals surface area (Å²) in [5.41, 5.74) is 3.32. The van der Waals surface area contributed by atoms with Crippen molar-refractivity contribution in [1.82, 2.24) is 4.98 Å². The van der Waals surface area contributed by atoms with E-state index in [0.29, 0.717) is 16.9 Å². The van der Waals surface area contributed by atoms with E-state index in [1.54, 1.807) is 36.5 Å². The van der Waals surface area contributed by atoms with Gasteiger partial charge in [0.2, 0.25) is 0 Å². The van der Waals surface area contributed by atoms with Gasteiger partial charge in [-0.05, 0) is 42.8 Å². The standard InChI is InChI=1S/C21H18N4O/c1-15(17-7-3-2-4-8-17)24-19-10-11-23-20(13-19)21(26)25-18-9-5-6-16(12-18)14-22/h2-13,15H,1H3,(H,23,24)(H,25,26). The fourth-order valence-corrected chi connectivity index (χ4v) is 2.58. The van der Waals surface area contributed by atoms with Gasteiger partial charge in [-0.3, -0.25) is 9.78 Å². The predicted molar refractivity (Wildman–Crippen MR) is 102 cm³/mol. The van der Waals surface area contributed by atoms with Gasteiger partial charge in [0, 0.05) is 23.6 Å². The number of aromatic nitrogens is 1. The van der Waals surface area contributed by atoms with Crippen LogP contribution < -0.4 is 10.6 Å². The van der Waals surface area contributed by atoms with Crippen molar-refractivity contribution < 1.29 is 4.79 Å². The average molecular weight is 342 g/mol. The van der Waals surface area contributed by atoms with Crippen molar-refractivity contribution in [2.24, 2.45) is 0 Å². The first-order valence-corrected chi connectivity index (χ1v) is 8.25. The van der Waals surface area contributed by atoms with E-state index in [-0.39, 0.29) is 11.9 Å². The first kappa shape index (κ1) is 17.2. The summed E-state index contributed by atoms with van der Waals surface area (Å²) in [5.74, 6) is -0.323. The van der Waals surface area contributed by atoms with Crippen molar-refractivity contribution >= 4 is 17.3 Å². The Morgan fingerprint density at radius 1 is 1.04 bits per heavy atom. The number of nitriles is 1. The van der Waals surface area contributed by atoms with Crippen LogP contribution in [-0.2, 0) is 0 Å². The zero-order chi connectivity index (χ0) is 18.4. The van der Waals surface area contributed by atoms with Crippen LogP contribution in [0.3, 0.4) is 0 Å². The second-order valence-corrected chi connectivity index (χ2v) is 5.85. The van der Waals surface area contributed by atoms with E-state index in [1.807, 2.05) is 30.3 Å². The van der Waals surface area contributed by atoms with Crippen molar-refractivity contribution in [1.29, 1.82) is 5.26 Å². The van der Waals surface area contributed by atoms with Crippen LogP contribution in [0, 0.1) is 11.3 Å². The van der Waals surface area contributed by atoms with Gasteiger partial charge >= 0.3 is 0 Å². The summed E-state index contributed by atoms with van der Waals surface area (Å²) in [7, 11) is 0. The van der Waals surface area contributed by atoms with Crippen molar-refractivity contribution in [2.45, 2.75) is 13.0 Å². The molecule has 1 amide bonds. The lowest BCUT2D eigenvalue weighted by molar-refractivity contribution is 0.102. The number of anilines is 2. The van der Waals surface area contributed by atoms with Crippen LogP contribution in [0.5, 0.6) is 0 Å². The highest BCUT2D eigenvalue weighted by Crippen LogP contribution is 2.19. The molecule has 1 aromatic heterocycles. The molecule has 0 fully saturated rings. The van der Waals surface area contributed by atoms with Crippen LogP contribution in [0.15, 0.2) is 72.9 Å². The molecule has 0 saturated carbocycles. The van der Waals surface area contributed by atoms with Crippen LogP contribution in [0.25, 0.3) is 0 Å². The molecule has 0 spiro atoms. The van der Waals surface area contributed by atoms with Gasteiger partial charge in [-0.1, -0.05) is 36.4 Å². The van der Waals surface area contributed by atoms with E-state index in [0.717, 1.165) is 11.3 Å². The fourth-order valence-electron chi connectivity index (χ4n) is 2.58. The smallest absolute Gasteiger partial charge is 0.274 e. The Kier molecular flexibility index (Phi) is 5.25. The number of benzene rings is 2. The third kappa shape index (κ3) is 4.25. The van der Waals surface area contributed by atoms with Gasteiger partial charge in [0.05, 0.1) is 11.6 Å². The highest BCUT2D eigenvalue weighted by atomic mass is 16.1. The van der Waals surface area contributed by atoms with Crippen molar-refractivity contribution in [3.8, 4) is 6.07 Å². The number of hydrogen-bond donors (Lipinski definition) is 2. The third-order valence-corrected chi connectivity index (χ3v) is 3.92. The molecule has 5 nitrogen and oxygen atoms in total. The molecule has 0 radical (unpaired) electrons. The first-order valence-electron chi connectivity index (χ1n) is 8.25. The predicted octanol–water partition coefficient (Wildman–Crippen LogP) is 4.38. The van der Waals surface area contributed by atoms with Gasteiger partial charge < -0.3 is 10.6 Å². The molecule has 1 heterocycles. The molecule has 0 aliphatic heterocycles. The topological polar surface area (TPSA) is 77.8 Å². The van der Waals surface area contributed by atoms with Crippen LogP contribution in [0.2, 0.25) is 0 Å². The zero-order valence-corrected chi connectivity index (χ0v) is 14.3. The van der Waals surface area contributed by atoms with Crippen LogP contribution in [0.1, 0.15) is 34.6 Å². The molecule has 1 unspecified atom stereocenters. The number of carbonyl (C=O) groups excluding carboxylic acids is 1. The van der Waals surface area contributed by atoms with Gasteiger partial charge in [-0.2, -0.15) is 5.26 Å². The van der Waals surface area contributed by atoms with Gasteiger partial charge in [0.25, 0.3) is 5.91 Å². The summed E-state index contributed by atoms with van der Waals surface area (Å²) < 4.78 is 0. The van der Waals surface area contributed by atoms with Gasteiger partial charge in [0.15, 0.2) is 0 Å². The summed E-state index contributed by atoms with van der Waals surface area (Å²) >= 11 is 0. The Morgan fingerprint density at radius 2 is 1.85 bits per heavy atom. The SMILES string of the molecule is CC(Nc1ccnc(C(=O)Nc2cccc(C#N)c2)c1)c1ccccc1. The van der Waals surface area contributed by atoms with E-state index >= 15 is 0 Å². The minimum atomic E-state index is -0.323. The van der Waals surface area contributed by atoms with Gasteiger partial charge in [0.1, 0.15) is 5.69 Å². The monoisotopic (exact) mass is 342 g/mol. The summed E-state index contributed by atoms with van der Waals surface area (Å²) in [4.78, 5) is 16.6. The van der Waals surface area contributed by atoms with E-state index in [2.05, 4.69) is 34.7 Å². The first-order chi connectivity index (χ1) is 12.7. The summed E-state index contributed by atoms with van der Waals surface area (Å²) in [6.45, 7) is 2.06. The van der Waals surface area contributed by atoms with Crippen LogP contribution >= 0.6 is 0 Å². The molecule has 5 heteroatoms. The molecule has 2 aromatic carbocycles. The second kappa shape index (κ2) is 7.95. The summed E-state index contributed by atoms with van der Waals surface area (Å²) in [5, 5.41) is 15.1. The Balaban J connectivity index is 1.72. The van der Waals surface area contributed by atoms with Gasteiger partial charge in [-0.15, -0.1) is 0 Å². The van der Waals surface area contributed by atoms with Crippen molar-refractivity contribution in [3.05, 3.63) is 89.7 Å². The maximum atomic E-state index is 12.4. The van der Waals surface area contributed by atoms with E-state index < -0.39 is 0 Å². The molecular weight excluding hydrogens is 324 g/mol. The Labute approximate surface area is 152 Å². The lowest BCUT2D eigenvalue weighted by atomic mass is 10.1. The highest BCUT2D eigenvalue weighted by molar-refractivity contribution is 6.03. The molecule has 3 rings (SSSR count). The molecule has 0 bridgehead atoms. The van der Waals surface area contributed by atoms with Crippen LogP contribution in [0.4, 0.5) is 11.4 Å². The van der Waals surface area contributed by atoms with E-state index in [4.69, 9.17) is 5.26 Å². The molecular formula is C21H18N4O. The number of nitrogens with one attached hydrogen (secondary N) is 2. The maximum absolute atomic E-state index is 12.4. The van der Waals surface area contributed by atoms with Crippen LogP contribution in [-0.4, -0.2) is 10.9 Å². The number of rotatable bonds is 5. The lowest BCUT2D eigenvalue weighted by Gasteiger charge is -2.16. The minimum Gasteiger partial charge on any atom is -0.378 e. The second-order valence-electron chi connectivity index (χ2n) is 5.85. The normalized spacial score (nSPS) is 11.2. The Bertz CT molecular complexity index is 947. The molecule has 128 valence electrons. The van der Waals surface area contributed by atoms with E-state index in [1.165, 1.54) is 0 Å². The van der Waals surface area contributed by atoms with Gasteiger partial charge in [-0.25, -0.2) is 0 Å². The number of hydrogen-bond acceptors (Lipinski definition) is 4. The number of pyridine rings is 1. The molecule has 26 heavy (non-hydrogen) atoms. The maximum Gasteiger partial charge on any atom is 0.274 e. The summed E-state index contributed by atoms with van der Waals surface area (Å²) in [6, 6.07) is 22.5. The fraction of sp³-hybridized carbons (Fsp3) is 0.0952. The van der Waals surface area contributed by atoms with Crippen molar-refractivity contribution in [3.63, 3.8) is 0 Å². The number of carbonyl (C=O) groups is 1. The highest BCUT2D eigenvalue weighted by Gasteiger charge is 2.10. The largest absolute Gasteiger partial charge is 0.378 e. The molecule has 0 aliphatic rings.